The number of guanidine groups is 2. The number of nitrogens with one attached hydrogen (secondary N) is 3. The Hall–Kier alpha value is -3.62. The van der Waals surface area contributed by atoms with Gasteiger partial charge in [0.1, 0.15) is 18.1 Å². The van der Waals surface area contributed by atoms with Gasteiger partial charge >= 0.3 is 5.97 Å². The van der Waals surface area contributed by atoms with E-state index in [1.807, 2.05) is 27.7 Å². The lowest BCUT2D eigenvalue weighted by atomic mass is 10.0. The number of hydrogen-bond acceptors (Lipinski definition) is 7. The van der Waals surface area contributed by atoms with E-state index < -0.39 is 47.9 Å². The molecule has 39 heavy (non-hydrogen) atoms. The summed E-state index contributed by atoms with van der Waals surface area (Å²) in [5.41, 5.74) is 27.4. The Labute approximate surface area is 230 Å². The maximum atomic E-state index is 13.3. The number of rotatable bonds is 19. The Morgan fingerprint density at radius 3 is 1.41 bits per heavy atom. The number of carboxylic acid groups (broad SMARTS) is 1. The summed E-state index contributed by atoms with van der Waals surface area (Å²) in [6, 6.07) is -4.12. The molecule has 15 heteroatoms. The Morgan fingerprint density at radius 1 is 0.667 bits per heavy atom. The molecule has 0 saturated heterocycles. The Balaban J connectivity index is 5.77. The summed E-state index contributed by atoms with van der Waals surface area (Å²) < 4.78 is 0. The summed E-state index contributed by atoms with van der Waals surface area (Å²) in [6.45, 7) is 7.91. The SMILES string of the molecule is CC(C)CC(N)C(=O)NC(CCCN=C(N)N)C(=O)NC(CCCN=C(N)N)C(=O)NC(CC(C)C)C(=O)O. The number of aliphatic imine (C=N–C) groups is 2. The molecule has 4 atom stereocenters. The van der Waals surface area contributed by atoms with E-state index in [9.17, 15) is 24.3 Å². The third kappa shape index (κ3) is 16.8. The van der Waals surface area contributed by atoms with E-state index in [2.05, 4.69) is 25.9 Å². The van der Waals surface area contributed by atoms with Gasteiger partial charge in [-0.25, -0.2) is 4.79 Å². The number of carbonyl (C=O) groups excluding carboxylic acids is 3. The third-order valence-corrected chi connectivity index (χ3v) is 5.54. The minimum atomic E-state index is -1.19. The smallest absolute Gasteiger partial charge is 0.326 e. The topological polar surface area (TPSA) is 279 Å². The second kappa shape index (κ2) is 18.6. The van der Waals surface area contributed by atoms with E-state index in [-0.39, 0.29) is 56.1 Å². The molecule has 0 saturated carbocycles. The van der Waals surface area contributed by atoms with Gasteiger partial charge in [-0.15, -0.1) is 0 Å². The first-order valence-electron chi connectivity index (χ1n) is 13.1. The zero-order chi connectivity index (χ0) is 30.1. The molecular weight excluding hydrogens is 508 g/mol. The van der Waals surface area contributed by atoms with Gasteiger partial charge in [0, 0.05) is 13.1 Å². The highest BCUT2D eigenvalue weighted by molar-refractivity contribution is 5.94. The van der Waals surface area contributed by atoms with Crippen LogP contribution in [0.3, 0.4) is 0 Å². The molecule has 0 aromatic heterocycles. The van der Waals surface area contributed by atoms with Gasteiger partial charge in [0.25, 0.3) is 0 Å². The van der Waals surface area contributed by atoms with E-state index in [1.165, 1.54) is 0 Å². The van der Waals surface area contributed by atoms with E-state index in [1.54, 1.807) is 0 Å². The molecule has 0 fully saturated rings. The van der Waals surface area contributed by atoms with Crippen molar-refractivity contribution < 1.29 is 24.3 Å². The van der Waals surface area contributed by atoms with Gasteiger partial charge in [-0.05, 0) is 50.4 Å². The van der Waals surface area contributed by atoms with E-state index in [0.717, 1.165) is 0 Å². The number of aliphatic carboxylic acids is 1. The molecule has 15 nitrogen and oxygen atoms in total. The number of carbonyl (C=O) groups is 4. The van der Waals surface area contributed by atoms with Crippen LogP contribution in [0.4, 0.5) is 0 Å². The van der Waals surface area contributed by atoms with Crippen molar-refractivity contribution in [2.24, 2.45) is 50.5 Å². The van der Waals surface area contributed by atoms with Gasteiger partial charge in [0.2, 0.25) is 17.7 Å². The first kappa shape index (κ1) is 35.4. The molecule has 14 N–H and O–H groups in total. The lowest BCUT2D eigenvalue weighted by molar-refractivity contribution is -0.142. The number of amides is 3. The van der Waals surface area contributed by atoms with Crippen LogP contribution in [0.15, 0.2) is 9.98 Å². The monoisotopic (exact) mass is 556 g/mol. The molecule has 0 aliphatic heterocycles. The maximum absolute atomic E-state index is 13.3. The van der Waals surface area contributed by atoms with Crippen LogP contribution in [0.5, 0.6) is 0 Å². The quantitative estimate of drug-likeness (QED) is 0.0481. The summed E-state index contributed by atoms with van der Waals surface area (Å²) in [5.74, 6) is -3.08. The second-order valence-corrected chi connectivity index (χ2v) is 10.3. The van der Waals surface area contributed by atoms with Crippen LogP contribution < -0.4 is 44.6 Å². The number of nitrogens with two attached hydrogens (primary N) is 5. The van der Waals surface area contributed by atoms with Crippen molar-refractivity contribution in [3.05, 3.63) is 0 Å². The minimum absolute atomic E-state index is 0.00108. The van der Waals surface area contributed by atoms with Crippen molar-refractivity contribution in [3.63, 3.8) is 0 Å². The highest BCUT2D eigenvalue weighted by Crippen LogP contribution is 2.09. The first-order valence-corrected chi connectivity index (χ1v) is 13.1. The van der Waals surface area contributed by atoms with Crippen LogP contribution in [0.1, 0.15) is 66.2 Å². The molecule has 4 unspecified atom stereocenters. The maximum Gasteiger partial charge on any atom is 0.326 e. The van der Waals surface area contributed by atoms with Crippen LogP contribution in [0, 0.1) is 11.8 Å². The van der Waals surface area contributed by atoms with Gasteiger partial charge in [-0.2, -0.15) is 0 Å². The van der Waals surface area contributed by atoms with E-state index in [0.29, 0.717) is 19.3 Å². The predicted molar refractivity (Wildman–Crippen MR) is 150 cm³/mol. The lowest BCUT2D eigenvalue weighted by Crippen LogP contribution is -2.57. The molecule has 0 bridgehead atoms. The zero-order valence-electron chi connectivity index (χ0n) is 23.5. The Bertz CT molecular complexity index is 854. The van der Waals surface area contributed by atoms with Gasteiger partial charge in [0.05, 0.1) is 6.04 Å². The molecule has 0 radical (unpaired) electrons. The minimum Gasteiger partial charge on any atom is -0.480 e. The van der Waals surface area contributed by atoms with Crippen LogP contribution in [-0.2, 0) is 19.2 Å². The highest BCUT2D eigenvalue weighted by Gasteiger charge is 2.30. The average molecular weight is 557 g/mol. The van der Waals surface area contributed by atoms with Crippen LogP contribution in [-0.4, -0.2) is 78.0 Å². The molecule has 3 amide bonds. The van der Waals surface area contributed by atoms with E-state index >= 15 is 0 Å². The van der Waals surface area contributed by atoms with Crippen molar-refractivity contribution in [2.75, 3.05) is 13.1 Å². The molecule has 0 aromatic rings. The largest absolute Gasteiger partial charge is 0.480 e. The molecule has 0 spiro atoms. The van der Waals surface area contributed by atoms with Crippen molar-refractivity contribution in [3.8, 4) is 0 Å². The van der Waals surface area contributed by atoms with Gasteiger partial charge < -0.3 is 49.7 Å². The zero-order valence-corrected chi connectivity index (χ0v) is 23.5. The number of hydrogen-bond donors (Lipinski definition) is 9. The lowest BCUT2D eigenvalue weighted by Gasteiger charge is -2.26. The van der Waals surface area contributed by atoms with Crippen LogP contribution >= 0.6 is 0 Å². The van der Waals surface area contributed by atoms with Gasteiger partial charge in [0.15, 0.2) is 11.9 Å². The molecule has 0 aliphatic carbocycles. The van der Waals surface area contributed by atoms with Crippen molar-refractivity contribution in [1.29, 1.82) is 0 Å². The Kier molecular flexibility index (Phi) is 16.9. The van der Waals surface area contributed by atoms with Crippen LogP contribution in [0.25, 0.3) is 0 Å². The molecule has 0 aromatic carbocycles. The van der Waals surface area contributed by atoms with Gasteiger partial charge in [-0.3, -0.25) is 24.4 Å². The molecule has 0 heterocycles. The highest BCUT2D eigenvalue weighted by atomic mass is 16.4. The van der Waals surface area contributed by atoms with Crippen molar-refractivity contribution >= 4 is 35.6 Å². The summed E-state index contributed by atoms with van der Waals surface area (Å²) in [4.78, 5) is 58.5. The molecule has 0 rings (SSSR count). The van der Waals surface area contributed by atoms with E-state index in [4.69, 9.17) is 28.7 Å². The van der Waals surface area contributed by atoms with Gasteiger partial charge in [-0.1, -0.05) is 27.7 Å². The summed E-state index contributed by atoms with van der Waals surface area (Å²) in [6.07, 6.45) is 1.56. The molecule has 0 aliphatic rings. The van der Waals surface area contributed by atoms with Crippen molar-refractivity contribution in [2.45, 2.75) is 90.4 Å². The Morgan fingerprint density at radius 2 is 1.05 bits per heavy atom. The molecular formula is C24H48N10O5. The number of nitrogens with zero attached hydrogens (tertiary/aromatic N) is 2. The standard InChI is InChI=1S/C24H48N10O5/c1-13(2)11-15(25)19(35)32-16(7-5-9-30-23(26)27)20(36)33-17(8-6-10-31-24(28)29)21(37)34-18(22(38)39)12-14(3)4/h13-18H,5-12,25H2,1-4H3,(H,32,35)(H,33,36)(H,34,37)(H,38,39)(H4,26,27,30)(H4,28,29,31). The normalized spacial score (nSPS) is 14.0. The van der Waals surface area contributed by atoms with Crippen LogP contribution in [0.2, 0.25) is 0 Å². The third-order valence-electron chi connectivity index (χ3n) is 5.54. The summed E-state index contributed by atoms with van der Waals surface area (Å²) in [5, 5.41) is 17.3. The summed E-state index contributed by atoms with van der Waals surface area (Å²) in [7, 11) is 0. The number of carboxylic acids is 1. The second-order valence-electron chi connectivity index (χ2n) is 10.3. The fourth-order valence-corrected chi connectivity index (χ4v) is 3.68. The molecule has 224 valence electrons. The predicted octanol–water partition coefficient (Wildman–Crippen LogP) is -1.95. The fraction of sp³-hybridized carbons (Fsp3) is 0.750. The first-order chi connectivity index (χ1) is 18.1. The fourth-order valence-electron chi connectivity index (χ4n) is 3.68. The summed E-state index contributed by atoms with van der Waals surface area (Å²) >= 11 is 0. The average Bonchev–Trinajstić information content (AvgIpc) is 2.80. The van der Waals surface area contributed by atoms with Crippen molar-refractivity contribution in [1.82, 2.24) is 16.0 Å².